The molecule has 0 spiro atoms. The molecule has 4 heteroatoms. The minimum absolute atomic E-state index is 0.0390. The number of benzene rings is 2. The Balaban J connectivity index is 1.88. The summed E-state index contributed by atoms with van der Waals surface area (Å²) in [6, 6.07) is 17.9. The second kappa shape index (κ2) is 6.06. The first-order chi connectivity index (χ1) is 10.3. The Morgan fingerprint density at radius 1 is 1.10 bits per heavy atom. The van der Waals surface area contributed by atoms with Crippen LogP contribution in [0.1, 0.15) is 5.56 Å². The molecule has 0 unspecified atom stereocenters. The fourth-order valence-corrected chi connectivity index (χ4v) is 2.88. The van der Waals surface area contributed by atoms with Gasteiger partial charge in [0, 0.05) is 28.2 Å². The Morgan fingerprint density at radius 3 is 2.71 bits per heavy atom. The number of thioether (sulfide) groups is 1. The van der Waals surface area contributed by atoms with E-state index in [0.717, 1.165) is 22.2 Å². The highest BCUT2D eigenvalue weighted by molar-refractivity contribution is 7.98. The number of fused-ring (bicyclic) bond motifs is 1. The van der Waals surface area contributed by atoms with Crippen LogP contribution >= 0.6 is 11.8 Å². The zero-order chi connectivity index (χ0) is 14.7. The fourth-order valence-electron chi connectivity index (χ4n) is 2.30. The predicted octanol–water partition coefficient (Wildman–Crippen LogP) is 3.86. The average molecular weight is 296 g/mol. The van der Waals surface area contributed by atoms with Crippen molar-refractivity contribution in [3.8, 4) is 0 Å². The molecule has 1 heterocycles. The van der Waals surface area contributed by atoms with Crippen molar-refractivity contribution in [1.82, 2.24) is 4.98 Å². The van der Waals surface area contributed by atoms with Crippen molar-refractivity contribution in [2.75, 3.05) is 11.6 Å². The van der Waals surface area contributed by atoms with Crippen LogP contribution in [0.3, 0.4) is 0 Å². The number of hydrogen-bond acceptors (Lipinski definition) is 3. The number of H-pyrrole nitrogens is 1. The van der Waals surface area contributed by atoms with Crippen LogP contribution in [0.5, 0.6) is 0 Å². The van der Waals surface area contributed by atoms with E-state index in [-0.39, 0.29) is 5.56 Å². The van der Waals surface area contributed by atoms with Gasteiger partial charge in [0.25, 0.3) is 5.56 Å². The summed E-state index contributed by atoms with van der Waals surface area (Å²) in [6.45, 7) is 0.512. The standard InChI is InChI=1S/C17H16N2OS/c1-21-16-9-5-4-8-15(16)18-11-13-10-12-6-2-3-7-14(12)19-17(13)20/h2-10,18H,11H2,1H3,(H,19,20). The number of rotatable bonds is 4. The van der Waals surface area contributed by atoms with Gasteiger partial charge in [-0.25, -0.2) is 0 Å². The van der Waals surface area contributed by atoms with Gasteiger partial charge in [0.05, 0.1) is 0 Å². The molecule has 0 bridgehead atoms. The van der Waals surface area contributed by atoms with E-state index in [9.17, 15) is 4.79 Å². The van der Waals surface area contributed by atoms with Crippen LogP contribution in [0.4, 0.5) is 5.69 Å². The van der Waals surface area contributed by atoms with E-state index < -0.39 is 0 Å². The van der Waals surface area contributed by atoms with E-state index in [4.69, 9.17) is 0 Å². The van der Waals surface area contributed by atoms with Crippen LogP contribution in [0.15, 0.2) is 64.3 Å². The van der Waals surface area contributed by atoms with Crippen molar-refractivity contribution in [1.29, 1.82) is 0 Å². The molecule has 0 fully saturated rings. The van der Waals surface area contributed by atoms with E-state index in [1.807, 2.05) is 54.8 Å². The van der Waals surface area contributed by atoms with Gasteiger partial charge in [0.2, 0.25) is 0 Å². The first kappa shape index (κ1) is 13.8. The summed E-state index contributed by atoms with van der Waals surface area (Å²) in [5.74, 6) is 0. The Bertz CT molecular complexity index is 826. The van der Waals surface area contributed by atoms with Gasteiger partial charge in [-0.3, -0.25) is 4.79 Å². The molecule has 0 aliphatic carbocycles. The van der Waals surface area contributed by atoms with Gasteiger partial charge in [0.15, 0.2) is 0 Å². The molecular weight excluding hydrogens is 280 g/mol. The number of pyridine rings is 1. The zero-order valence-electron chi connectivity index (χ0n) is 11.7. The molecule has 0 aliphatic rings. The highest BCUT2D eigenvalue weighted by Gasteiger charge is 2.04. The highest BCUT2D eigenvalue weighted by atomic mass is 32.2. The van der Waals surface area contributed by atoms with Crippen molar-refractivity contribution >= 4 is 28.4 Å². The number of para-hydroxylation sites is 2. The maximum Gasteiger partial charge on any atom is 0.253 e. The molecule has 2 aromatic carbocycles. The molecule has 0 aliphatic heterocycles. The molecule has 106 valence electrons. The molecule has 3 rings (SSSR count). The van der Waals surface area contributed by atoms with E-state index in [1.165, 1.54) is 4.90 Å². The molecule has 3 aromatic rings. The Hall–Kier alpha value is -2.20. The second-order valence-corrected chi connectivity index (χ2v) is 5.61. The van der Waals surface area contributed by atoms with Crippen LogP contribution < -0.4 is 10.9 Å². The van der Waals surface area contributed by atoms with Crippen molar-refractivity contribution in [2.24, 2.45) is 0 Å². The average Bonchev–Trinajstić information content (AvgIpc) is 2.53. The molecule has 0 amide bonds. The van der Waals surface area contributed by atoms with Gasteiger partial charge in [0.1, 0.15) is 0 Å². The lowest BCUT2D eigenvalue weighted by molar-refractivity contribution is 1.08. The van der Waals surface area contributed by atoms with Crippen LogP contribution in [0.25, 0.3) is 10.9 Å². The molecule has 21 heavy (non-hydrogen) atoms. The number of aromatic nitrogens is 1. The van der Waals surface area contributed by atoms with Crippen LogP contribution in [-0.4, -0.2) is 11.2 Å². The molecule has 1 aromatic heterocycles. The topological polar surface area (TPSA) is 44.9 Å². The van der Waals surface area contributed by atoms with Crippen LogP contribution in [0, 0.1) is 0 Å². The summed E-state index contributed by atoms with van der Waals surface area (Å²) in [5.41, 5.74) is 2.63. The van der Waals surface area contributed by atoms with Gasteiger partial charge in [-0.05, 0) is 35.9 Å². The molecular formula is C17H16N2OS. The molecule has 3 nitrogen and oxygen atoms in total. The van der Waals surface area contributed by atoms with Crippen molar-refractivity contribution in [2.45, 2.75) is 11.4 Å². The summed E-state index contributed by atoms with van der Waals surface area (Å²) < 4.78 is 0. The van der Waals surface area contributed by atoms with Gasteiger partial charge in [-0.2, -0.15) is 0 Å². The van der Waals surface area contributed by atoms with Gasteiger partial charge >= 0.3 is 0 Å². The lowest BCUT2D eigenvalue weighted by Crippen LogP contribution is -2.15. The lowest BCUT2D eigenvalue weighted by Gasteiger charge is -2.10. The summed E-state index contributed by atoms with van der Waals surface area (Å²) in [6.07, 6.45) is 2.04. The smallest absolute Gasteiger partial charge is 0.253 e. The molecule has 2 N–H and O–H groups in total. The van der Waals surface area contributed by atoms with E-state index in [0.29, 0.717) is 6.54 Å². The second-order valence-electron chi connectivity index (χ2n) is 4.76. The number of hydrogen-bond donors (Lipinski definition) is 2. The van der Waals surface area contributed by atoms with Crippen LogP contribution in [-0.2, 0) is 6.54 Å². The van der Waals surface area contributed by atoms with Crippen LogP contribution in [0.2, 0.25) is 0 Å². The predicted molar refractivity (Wildman–Crippen MR) is 90.1 cm³/mol. The van der Waals surface area contributed by atoms with Gasteiger partial charge < -0.3 is 10.3 Å². The quantitative estimate of drug-likeness (QED) is 0.719. The normalized spacial score (nSPS) is 10.7. The van der Waals surface area contributed by atoms with Crippen molar-refractivity contribution in [3.05, 3.63) is 70.5 Å². The number of anilines is 1. The Morgan fingerprint density at radius 2 is 1.86 bits per heavy atom. The summed E-state index contributed by atoms with van der Waals surface area (Å²) in [7, 11) is 0. The SMILES string of the molecule is CSc1ccccc1NCc1cc2ccccc2[nH]c1=O. The van der Waals surface area contributed by atoms with Crippen molar-refractivity contribution < 1.29 is 0 Å². The first-order valence-electron chi connectivity index (χ1n) is 6.76. The highest BCUT2D eigenvalue weighted by Crippen LogP contribution is 2.24. The lowest BCUT2D eigenvalue weighted by atomic mass is 10.1. The van der Waals surface area contributed by atoms with Crippen molar-refractivity contribution in [3.63, 3.8) is 0 Å². The zero-order valence-corrected chi connectivity index (χ0v) is 12.5. The molecule has 0 saturated heterocycles. The molecule has 0 saturated carbocycles. The summed E-state index contributed by atoms with van der Waals surface area (Å²) in [4.78, 5) is 16.2. The first-order valence-corrected chi connectivity index (χ1v) is 7.98. The van der Waals surface area contributed by atoms with E-state index in [2.05, 4.69) is 16.4 Å². The monoisotopic (exact) mass is 296 g/mol. The molecule has 0 atom stereocenters. The minimum Gasteiger partial charge on any atom is -0.380 e. The summed E-state index contributed by atoms with van der Waals surface area (Å²) >= 11 is 1.69. The Kier molecular flexibility index (Phi) is 3.97. The third kappa shape index (κ3) is 2.95. The third-order valence-electron chi connectivity index (χ3n) is 3.41. The third-order valence-corrected chi connectivity index (χ3v) is 4.20. The molecule has 0 radical (unpaired) electrons. The fraction of sp³-hybridized carbons (Fsp3) is 0.118. The number of nitrogens with one attached hydrogen (secondary N) is 2. The maximum absolute atomic E-state index is 12.1. The maximum atomic E-state index is 12.1. The van der Waals surface area contributed by atoms with Gasteiger partial charge in [-0.1, -0.05) is 30.3 Å². The summed E-state index contributed by atoms with van der Waals surface area (Å²) in [5, 5.41) is 4.39. The number of aromatic amines is 1. The Labute approximate surface area is 127 Å². The van der Waals surface area contributed by atoms with Gasteiger partial charge in [-0.15, -0.1) is 11.8 Å². The van der Waals surface area contributed by atoms with E-state index >= 15 is 0 Å². The minimum atomic E-state index is -0.0390. The largest absolute Gasteiger partial charge is 0.380 e. The van der Waals surface area contributed by atoms with E-state index in [1.54, 1.807) is 11.8 Å².